The second-order valence-corrected chi connectivity index (χ2v) is 4.59. The monoisotopic (exact) mass is 249 g/mol. The van der Waals surface area contributed by atoms with Crippen LogP contribution < -0.4 is 5.14 Å². The minimum absolute atomic E-state index is 0.0200. The summed E-state index contributed by atoms with van der Waals surface area (Å²) in [5.74, 6) is -0.843. The molecule has 0 unspecified atom stereocenters. The van der Waals surface area contributed by atoms with Crippen LogP contribution in [0.3, 0.4) is 0 Å². The molecule has 0 amide bonds. The first-order chi connectivity index (χ1) is 6.88. The maximum Gasteiger partial charge on any atom is 0.340 e. The molecule has 0 saturated carbocycles. The molecule has 15 heavy (non-hydrogen) atoms. The predicted octanol–water partition coefficient (Wildman–Crippen LogP) is 0.774. The molecular weight excluding hydrogens is 242 g/mol. The fourth-order valence-corrected chi connectivity index (χ4v) is 2.10. The highest BCUT2D eigenvalue weighted by molar-refractivity contribution is 7.89. The number of hydrogen-bond donors (Lipinski definition) is 1. The molecule has 0 spiro atoms. The summed E-state index contributed by atoms with van der Waals surface area (Å²) in [6, 6.07) is 3.95. The van der Waals surface area contributed by atoms with Gasteiger partial charge < -0.3 is 4.74 Å². The van der Waals surface area contributed by atoms with Crippen molar-refractivity contribution in [3.05, 3.63) is 28.8 Å². The quantitative estimate of drug-likeness (QED) is 0.785. The molecule has 5 nitrogen and oxygen atoms in total. The zero-order valence-electron chi connectivity index (χ0n) is 7.73. The van der Waals surface area contributed by atoms with Crippen molar-refractivity contribution in [3.63, 3.8) is 0 Å². The van der Waals surface area contributed by atoms with Gasteiger partial charge in [0.1, 0.15) is 0 Å². The highest BCUT2D eigenvalue weighted by atomic mass is 35.5. The first-order valence-corrected chi connectivity index (χ1v) is 5.70. The van der Waals surface area contributed by atoms with Gasteiger partial charge in [0.25, 0.3) is 0 Å². The van der Waals surface area contributed by atoms with E-state index in [2.05, 4.69) is 4.74 Å². The van der Waals surface area contributed by atoms with Crippen LogP contribution in [0.2, 0.25) is 5.02 Å². The van der Waals surface area contributed by atoms with E-state index in [1.165, 1.54) is 18.2 Å². The highest BCUT2D eigenvalue weighted by Gasteiger charge is 2.22. The zero-order chi connectivity index (χ0) is 11.6. The summed E-state index contributed by atoms with van der Waals surface area (Å²) in [5.41, 5.74) is -0.246. The van der Waals surface area contributed by atoms with Gasteiger partial charge in [-0.25, -0.2) is 18.4 Å². The summed E-state index contributed by atoms with van der Waals surface area (Å²) in [5, 5.41) is 4.90. The number of ether oxygens (including phenoxy) is 1. The molecule has 1 rings (SSSR count). The summed E-state index contributed by atoms with van der Waals surface area (Å²) in [6.45, 7) is 0. The van der Waals surface area contributed by atoms with Crippen LogP contribution in [0.5, 0.6) is 0 Å². The van der Waals surface area contributed by atoms with Crippen molar-refractivity contribution in [2.24, 2.45) is 5.14 Å². The largest absolute Gasteiger partial charge is 0.465 e. The first kappa shape index (κ1) is 12.0. The smallest absolute Gasteiger partial charge is 0.340 e. The number of hydrogen-bond acceptors (Lipinski definition) is 4. The van der Waals surface area contributed by atoms with Gasteiger partial charge in [0.05, 0.1) is 22.6 Å². The van der Waals surface area contributed by atoms with Gasteiger partial charge in [-0.2, -0.15) is 0 Å². The van der Waals surface area contributed by atoms with Crippen LogP contribution in [0.4, 0.5) is 0 Å². The van der Waals surface area contributed by atoms with Gasteiger partial charge in [-0.1, -0.05) is 17.7 Å². The van der Waals surface area contributed by atoms with E-state index in [1.54, 1.807) is 0 Å². The van der Waals surface area contributed by atoms with Crippen LogP contribution in [0.1, 0.15) is 10.4 Å². The van der Waals surface area contributed by atoms with Crippen molar-refractivity contribution in [2.75, 3.05) is 7.11 Å². The van der Waals surface area contributed by atoms with Gasteiger partial charge in [0.15, 0.2) is 0 Å². The number of rotatable bonds is 2. The Labute approximate surface area is 91.8 Å². The van der Waals surface area contributed by atoms with Gasteiger partial charge in [-0.15, -0.1) is 0 Å². The molecule has 1 aromatic carbocycles. The Morgan fingerprint density at radius 2 is 2.07 bits per heavy atom. The molecule has 0 aliphatic rings. The van der Waals surface area contributed by atoms with E-state index in [4.69, 9.17) is 16.7 Å². The van der Waals surface area contributed by atoms with Crippen molar-refractivity contribution in [1.29, 1.82) is 0 Å². The maximum atomic E-state index is 11.3. The molecule has 0 aromatic heterocycles. The standard InChI is InChI=1S/C8H8ClNO4S/c1-14-8(11)7-5(9)3-2-4-6(7)15(10,12)13/h2-4H,1H3,(H2,10,12,13). The number of primary sulfonamides is 1. The molecule has 0 atom stereocenters. The Hall–Kier alpha value is -1.11. The molecule has 1 aromatic rings. The molecule has 0 aliphatic heterocycles. The van der Waals surface area contributed by atoms with Crippen molar-refractivity contribution < 1.29 is 17.9 Å². The fourth-order valence-electron chi connectivity index (χ4n) is 1.04. The number of carbonyl (C=O) groups excluding carboxylic acids is 1. The van der Waals surface area contributed by atoms with E-state index in [0.717, 1.165) is 7.11 Å². The van der Waals surface area contributed by atoms with E-state index in [-0.39, 0.29) is 15.5 Å². The van der Waals surface area contributed by atoms with Gasteiger partial charge >= 0.3 is 5.97 Å². The van der Waals surface area contributed by atoms with E-state index in [1.807, 2.05) is 0 Å². The molecule has 7 heteroatoms. The van der Waals surface area contributed by atoms with Crippen LogP contribution in [-0.4, -0.2) is 21.5 Å². The minimum atomic E-state index is -4.00. The molecule has 82 valence electrons. The van der Waals surface area contributed by atoms with E-state index >= 15 is 0 Å². The lowest BCUT2D eigenvalue weighted by Gasteiger charge is -2.06. The summed E-state index contributed by atoms with van der Waals surface area (Å²) in [4.78, 5) is 10.9. The van der Waals surface area contributed by atoms with Crippen LogP contribution in [0.15, 0.2) is 23.1 Å². The summed E-state index contributed by atoms with van der Waals surface area (Å²) in [7, 11) is -2.87. The molecule has 0 aliphatic carbocycles. The van der Waals surface area contributed by atoms with Gasteiger partial charge in [-0.3, -0.25) is 0 Å². The molecule has 0 radical (unpaired) electrons. The third-order valence-corrected chi connectivity index (χ3v) is 2.94. The second kappa shape index (κ2) is 4.18. The van der Waals surface area contributed by atoms with E-state index in [0.29, 0.717) is 0 Å². The lowest BCUT2D eigenvalue weighted by molar-refractivity contribution is 0.0596. The SMILES string of the molecule is COC(=O)c1c(Cl)cccc1S(N)(=O)=O. The number of nitrogens with two attached hydrogens (primary N) is 1. The predicted molar refractivity (Wildman–Crippen MR) is 54.2 cm³/mol. The minimum Gasteiger partial charge on any atom is -0.465 e. The Morgan fingerprint density at radius 1 is 1.47 bits per heavy atom. The normalized spacial score (nSPS) is 11.1. The van der Waals surface area contributed by atoms with Gasteiger partial charge in [0.2, 0.25) is 10.0 Å². The summed E-state index contributed by atoms with van der Waals surface area (Å²) in [6.07, 6.45) is 0. The Balaban J connectivity index is 3.54. The van der Waals surface area contributed by atoms with E-state index < -0.39 is 16.0 Å². The molecule has 2 N–H and O–H groups in total. The number of sulfonamides is 1. The topological polar surface area (TPSA) is 86.5 Å². The van der Waals surface area contributed by atoms with Crippen LogP contribution in [-0.2, 0) is 14.8 Å². The van der Waals surface area contributed by atoms with Crippen molar-refractivity contribution in [1.82, 2.24) is 0 Å². The molecular formula is C8H8ClNO4S. The Bertz CT molecular complexity index is 497. The molecule has 0 bridgehead atoms. The van der Waals surface area contributed by atoms with Gasteiger partial charge in [0, 0.05) is 0 Å². The number of halogens is 1. The van der Waals surface area contributed by atoms with Crippen molar-refractivity contribution >= 4 is 27.6 Å². The van der Waals surface area contributed by atoms with E-state index in [9.17, 15) is 13.2 Å². The number of esters is 1. The third-order valence-electron chi connectivity index (χ3n) is 1.67. The lowest BCUT2D eigenvalue weighted by Crippen LogP contribution is -2.17. The van der Waals surface area contributed by atoms with Crippen molar-refractivity contribution in [3.8, 4) is 0 Å². The number of methoxy groups -OCH3 is 1. The Kier molecular flexibility index (Phi) is 3.33. The zero-order valence-corrected chi connectivity index (χ0v) is 9.30. The average molecular weight is 250 g/mol. The first-order valence-electron chi connectivity index (χ1n) is 3.77. The number of carbonyl (C=O) groups is 1. The van der Waals surface area contributed by atoms with Crippen molar-refractivity contribution in [2.45, 2.75) is 4.90 Å². The third kappa shape index (κ3) is 2.47. The summed E-state index contributed by atoms with van der Waals surface area (Å²) < 4.78 is 26.7. The summed E-state index contributed by atoms with van der Waals surface area (Å²) >= 11 is 5.69. The maximum absolute atomic E-state index is 11.3. The molecule has 0 heterocycles. The highest BCUT2D eigenvalue weighted by Crippen LogP contribution is 2.23. The number of benzene rings is 1. The van der Waals surface area contributed by atoms with Crippen LogP contribution in [0, 0.1) is 0 Å². The average Bonchev–Trinajstić information content (AvgIpc) is 2.15. The van der Waals surface area contributed by atoms with Crippen LogP contribution in [0.25, 0.3) is 0 Å². The molecule has 0 saturated heterocycles. The van der Waals surface area contributed by atoms with Gasteiger partial charge in [-0.05, 0) is 12.1 Å². The lowest BCUT2D eigenvalue weighted by atomic mass is 10.2. The Morgan fingerprint density at radius 3 is 2.53 bits per heavy atom. The second-order valence-electron chi connectivity index (χ2n) is 2.65. The van der Waals surface area contributed by atoms with Crippen LogP contribution >= 0.6 is 11.6 Å². The molecule has 0 fully saturated rings. The fraction of sp³-hybridized carbons (Fsp3) is 0.125.